The van der Waals surface area contributed by atoms with Gasteiger partial charge in [-0.3, -0.25) is 23.7 Å². The molecule has 10 heteroatoms. The van der Waals surface area contributed by atoms with E-state index in [-0.39, 0.29) is 37.3 Å². The van der Waals surface area contributed by atoms with E-state index >= 15 is 0 Å². The van der Waals surface area contributed by atoms with Gasteiger partial charge in [-0.25, -0.2) is 4.79 Å². The van der Waals surface area contributed by atoms with E-state index in [1.807, 2.05) is 0 Å². The highest BCUT2D eigenvalue weighted by Crippen LogP contribution is 2.08. The number of alkyl halides is 1. The fraction of sp³-hybridized carbons (Fsp3) is 0.400. The van der Waals surface area contributed by atoms with E-state index in [1.165, 1.54) is 36.7 Å². The lowest BCUT2D eigenvalue weighted by Crippen LogP contribution is -2.45. The first-order chi connectivity index (χ1) is 16.7. The van der Waals surface area contributed by atoms with Crippen molar-refractivity contribution < 1.29 is 23.9 Å². The summed E-state index contributed by atoms with van der Waals surface area (Å²) in [5.41, 5.74) is -1.48. The standard InChI is InChI=1S/C25H27ClN2O7/c1-18(29)34-16-20(17-35-19(2)30)12-14-27-15-22(11-7-4-8-13-26)24(32)28(25(27)33)23(31)21-9-5-3-6-10-21/h3,5-6,9-10,15,20H,4,8,12-14,16-17H2,1-2H3. The lowest BCUT2D eigenvalue weighted by atomic mass is 10.1. The minimum absolute atomic E-state index is 0.0139. The summed E-state index contributed by atoms with van der Waals surface area (Å²) in [6.07, 6.45) is 2.64. The molecule has 186 valence electrons. The van der Waals surface area contributed by atoms with Gasteiger partial charge in [-0.1, -0.05) is 30.0 Å². The van der Waals surface area contributed by atoms with E-state index in [9.17, 15) is 24.0 Å². The van der Waals surface area contributed by atoms with E-state index in [0.29, 0.717) is 23.3 Å². The summed E-state index contributed by atoms with van der Waals surface area (Å²) >= 11 is 5.67. The van der Waals surface area contributed by atoms with Crippen molar-refractivity contribution >= 4 is 29.4 Å². The van der Waals surface area contributed by atoms with Crippen molar-refractivity contribution in [2.75, 3.05) is 19.1 Å². The zero-order chi connectivity index (χ0) is 25.8. The van der Waals surface area contributed by atoms with Gasteiger partial charge in [0, 0.05) is 50.4 Å². The monoisotopic (exact) mass is 502 g/mol. The lowest BCUT2D eigenvalue weighted by Gasteiger charge is -2.17. The highest BCUT2D eigenvalue weighted by atomic mass is 35.5. The Labute approximate surface area is 207 Å². The molecule has 0 aliphatic heterocycles. The molecule has 0 aliphatic rings. The number of nitrogens with zero attached hydrogens (tertiary/aromatic N) is 2. The topological polar surface area (TPSA) is 114 Å². The van der Waals surface area contributed by atoms with E-state index < -0.39 is 35.0 Å². The summed E-state index contributed by atoms with van der Waals surface area (Å²) in [6, 6.07) is 7.97. The number of hydrogen-bond acceptors (Lipinski definition) is 7. The van der Waals surface area contributed by atoms with Crippen molar-refractivity contribution in [3.63, 3.8) is 0 Å². The van der Waals surface area contributed by atoms with Crippen molar-refractivity contribution in [1.82, 2.24) is 9.13 Å². The lowest BCUT2D eigenvalue weighted by molar-refractivity contribution is -0.146. The van der Waals surface area contributed by atoms with Gasteiger partial charge in [0.15, 0.2) is 0 Å². The van der Waals surface area contributed by atoms with Crippen molar-refractivity contribution in [1.29, 1.82) is 0 Å². The molecule has 0 bridgehead atoms. The summed E-state index contributed by atoms with van der Waals surface area (Å²) in [5.74, 6) is 3.83. The molecule has 0 fully saturated rings. The fourth-order valence-electron chi connectivity index (χ4n) is 3.06. The Morgan fingerprint density at radius 3 is 2.23 bits per heavy atom. The third-order valence-electron chi connectivity index (χ3n) is 4.86. The molecule has 9 nitrogen and oxygen atoms in total. The number of ether oxygens (including phenoxy) is 2. The second kappa shape index (κ2) is 13.9. The maximum absolute atomic E-state index is 13.1. The largest absolute Gasteiger partial charge is 0.465 e. The van der Waals surface area contributed by atoms with Crippen LogP contribution in [0.4, 0.5) is 0 Å². The summed E-state index contributed by atoms with van der Waals surface area (Å²) < 4.78 is 11.8. The minimum Gasteiger partial charge on any atom is -0.465 e. The average Bonchev–Trinajstić information content (AvgIpc) is 2.83. The number of rotatable bonds is 10. The SMILES string of the molecule is CC(=O)OCC(CCn1cc(C#CCCCCl)c(=O)n(C(=O)c2ccccc2)c1=O)COC(C)=O. The molecule has 0 saturated heterocycles. The summed E-state index contributed by atoms with van der Waals surface area (Å²) in [5, 5.41) is 0. The van der Waals surface area contributed by atoms with Crippen LogP contribution in [-0.2, 0) is 25.6 Å². The summed E-state index contributed by atoms with van der Waals surface area (Å²) in [6.45, 7) is 2.53. The smallest absolute Gasteiger partial charge is 0.338 e. The molecule has 1 aromatic heterocycles. The maximum atomic E-state index is 13.1. The van der Waals surface area contributed by atoms with Crippen LogP contribution in [0.1, 0.15) is 49.0 Å². The molecule has 35 heavy (non-hydrogen) atoms. The Morgan fingerprint density at radius 1 is 1.03 bits per heavy atom. The Morgan fingerprint density at radius 2 is 1.66 bits per heavy atom. The third-order valence-corrected chi connectivity index (χ3v) is 5.13. The van der Waals surface area contributed by atoms with Gasteiger partial charge < -0.3 is 9.47 Å². The Bertz CT molecular complexity index is 1200. The second-order valence-corrected chi connectivity index (χ2v) is 8.06. The van der Waals surface area contributed by atoms with Crippen LogP contribution in [0.25, 0.3) is 0 Å². The molecule has 0 atom stereocenters. The van der Waals surface area contributed by atoms with Crippen LogP contribution < -0.4 is 11.2 Å². The first-order valence-corrected chi connectivity index (χ1v) is 11.6. The van der Waals surface area contributed by atoms with Gasteiger partial charge in [-0.2, -0.15) is 4.57 Å². The molecule has 0 aliphatic carbocycles. The van der Waals surface area contributed by atoms with Gasteiger partial charge in [-0.05, 0) is 25.0 Å². The molecule has 0 N–H and O–H groups in total. The minimum atomic E-state index is -0.825. The molecule has 0 unspecified atom stereocenters. The molecule has 0 saturated carbocycles. The number of hydrogen-bond donors (Lipinski definition) is 0. The predicted molar refractivity (Wildman–Crippen MR) is 129 cm³/mol. The zero-order valence-corrected chi connectivity index (χ0v) is 20.4. The van der Waals surface area contributed by atoms with Gasteiger partial charge in [0.2, 0.25) is 0 Å². The van der Waals surface area contributed by atoms with Gasteiger partial charge in [-0.15, -0.1) is 11.6 Å². The van der Waals surface area contributed by atoms with Crippen LogP contribution in [0, 0.1) is 17.8 Å². The van der Waals surface area contributed by atoms with Gasteiger partial charge in [0.25, 0.3) is 11.5 Å². The number of aryl methyl sites for hydroxylation is 1. The summed E-state index contributed by atoms with van der Waals surface area (Å²) in [4.78, 5) is 61.6. The number of aromatic nitrogens is 2. The van der Waals surface area contributed by atoms with Crippen LogP contribution in [0.3, 0.4) is 0 Å². The number of benzene rings is 1. The molecular weight excluding hydrogens is 476 g/mol. The van der Waals surface area contributed by atoms with Crippen LogP contribution in [0.5, 0.6) is 0 Å². The van der Waals surface area contributed by atoms with Crippen LogP contribution in [-0.4, -0.2) is 46.1 Å². The van der Waals surface area contributed by atoms with Crippen molar-refractivity contribution in [3.05, 3.63) is 68.5 Å². The van der Waals surface area contributed by atoms with Crippen molar-refractivity contribution in [3.8, 4) is 11.8 Å². The highest BCUT2D eigenvalue weighted by Gasteiger charge is 2.20. The van der Waals surface area contributed by atoms with Crippen molar-refractivity contribution in [2.24, 2.45) is 5.92 Å². The first-order valence-electron chi connectivity index (χ1n) is 11.0. The van der Waals surface area contributed by atoms with Crippen molar-refractivity contribution in [2.45, 2.75) is 39.7 Å². The number of halogens is 1. The molecule has 2 rings (SSSR count). The maximum Gasteiger partial charge on any atom is 0.338 e. The molecular formula is C25H27ClN2O7. The number of unbranched alkanes of at least 4 members (excludes halogenated alkanes) is 1. The molecule has 0 amide bonds. The van der Waals surface area contributed by atoms with E-state index in [1.54, 1.807) is 18.2 Å². The van der Waals surface area contributed by atoms with Gasteiger partial charge in [0.05, 0.1) is 13.2 Å². The normalized spacial score (nSPS) is 10.4. The Hall–Kier alpha value is -3.64. The quantitative estimate of drug-likeness (QED) is 0.212. The molecule has 1 aromatic carbocycles. The van der Waals surface area contributed by atoms with Crippen LogP contribution in [0.2, 0.25) is 0 Å². The number of esters is 2. The zero-order valence-electron chi connectivity index (χ0n) is 19.6. The van der Waals surface area contributed by atoms with Gasteiger partial charge in [0.1, 0.15) is 5.56 Å². The van der Waals surface area contributed by atoms with E-state index in [4.69, 9.17) is 21.1 Å². The Kier molecular flexibility index (Phi) is 11.0. The third kappa shape index (κ3) is 8.58. The summed E-state index contributed by atoms with van der Waals surface area (Å²) in [7, 11) is 0. The highest BCUT2D eigenvalue weighted by molar-refractivity contribution is 6.17. The van der Waals surface area contributed by atoms with Gasteiger partial charge >= 0.3 is 17.6 Å². The van der Waals surface area contributed by atoms with Crippen LogP contribution in [0.15, 0.2) is 46.1 Å². The number of carbonyl (C=O) groups excluding carboxylic acids is 3. The molecule has 0 spiro atoms. The number of carbonyl (C=O) groups is 3. The molecule has 2 aromatic rings. The fourth-order valence-corrected chi connectivity index (χ4v) is 3.19. The van der Waals surface area contributed by atoms with Crippen LogP contribution >= 0.6 is 11.6 Å². The molecule has 1 heterocycles. The molecule has 0 radical (unpaired) electrons. The Balaban J connectivity index is 2.44. The predicted octanol–water partition coefficient (Wildman–Crippen LogP) is 2.20. The van der Waals surface area contributed by atoms with E-state index in [0.717, 1.165) is 0 Å². The second-order valence-electron chi connectivity index (χ2n) is 7.68. The first kappa shape index (κ1) is 27.6. The van der Waals surface area contributed by atoms with E-state index in [2.05, 4.69) is 11.8 Å². The average molecular weight is 503 g/mol.